The Labute approximate surface area is 102 Å². The normalized spacial score (nSPS) is 9.85. The molecule has 0 amide bonds. The molecule has 0 saturated carbocycles. The van der Waals surface area contributed by atoms with Crippen LogP contribution >= 0.6 is 31.1 Å². The second-order valence-corrected chi connectivity index (χ2v) is 15.5. The van der Waals surface area contributed by atoms with Gasteiger partial charge in [0.2, 0.25) is 0 Å². The fourth-order valence-electron chi connectivity index (χ4n) is 0. The van der Waals surface area contributed by atoms with E-state index in [1.165, 1.54) is 0 Å². The number of nitrogens with zero attached hydrogens (tertiary/aromatic N) is 2. The molecule has 7 heteroatoms. The Hall–Kier alpha value is 1.92. The van der Waals surface area contributed by atoms with Crippen molar-refractivity contribution < 1.29 is 20.8 Å². The molecular weight excluding hydrogens is 324 g/mol. The Morgan fingerprint density at radius 1 is 0.769 bits per heavy atom. The van der Waals surface area contributed by atoms with Crippen molar-refractivity contribution in [1.29, 1.82) is 0 Å². The Morgan fingerprint density at radius 3 is 0.769 bits per heavy atom. The van der Waals surface area contributed by atoms with Crippen molar-refractivity contribution in [3.05, 3.63) is 10.3 Å². The third-order valence-corrected chi connectivity index (χ3v) is 0. The van der Waals surface area contributed by atoms with Crippen LogP contribution in [0.15, 0.2) is 0 Å². The predicted octanol–water partition coefficient (Wildman–Crippen LogP) is 4.67. The Bertz CT molecular complexity index is 151. The molecule has 0 aromatic carbocycles. The molecule has 0 spiro atoms. The van der Waals surface area contributed by atoms with Crippen molar-refractivity contribution in [3.63, 3.8) is 0 Å². The van der Waals surface area contributed by atoms with Crippen LogP contribution in [0.3, 0.4) is 0 Å². The van der Waals surface area contributed by atoms with Crippen LogP contribution in [-0.2, 0) is 20.8 Å². The second-order valence-electron chi connectivity index (χ2n) is 3.95. The van der Waals surface area contributed by atoms with Crippen LogP contribution in [0.4, 0.5) is 0 Å². The average Bonchev–Trinajstić information content (AvgIpc) is 1.52. The van der Waals surface area contributed by atoms with Gasteiger partial charge < -0.3 is 10.3 Å². The number of hydrogen-bond acceptors (Lipinski definition) is 0. The van der Waals surface area contributed by atoms with Crippen molar-refractivity contribution in [2.75, 3.05) is 40.0 Å². The molecule has 0 aromatic heterocycles. The van der Waals surface area contributed by atoms with Gasteiger partial charge in [-0.2, -0.15) is 0 Å². The van der Waals surface area contributed by atoms with Gasteiger partial charge in [0.1, 0.15) is 0 Å². The van der Waals surface area contributed by atoms with E-state index in [0.717, 1.165) is 0 Å². The third-order valence-electron chi connectivity index (χ3n) is 0. The van der Waals surface area contributed by atoms with Crippen molar-refractivity contribution in [2.24, 2.45) is 0 Å². The molecule has 0 heterocycles. The van der Waals surface area contributed by atoms with Gasteiger partial charge in [-0.25, -0.2) is 14.1 Å². The molecule has 0 radical (unpaired) electrons. The molecule has 0 saturated heterocycles. The van der Waals surface area contributed by atoms with Gasteiger partial charge in [-0.15, -0.1) is 0 Å². The molecule has 0 atom stereocenters. The van der Waals surface area contributed by atoms with Gasteiger partial charge in [-0.3, -0.25) is 0 Å². The maximum atomic E-state index is 8.63. The molecule has 0 fully saturated rings. The minimum atomic E-state index is -1.39. The van der Waals surface area contributed by atoms with Gasteiger partial charge in [0.05, 0.1) is 0 Å². The molecule has 0 unspecified atom stereocenters. The Morgan fingerprint density at radius 2 is 0.769 bits per heavy atom. The van der Waals surface area contributed by atoms with E-state index in [0.29, 0.717) is 0 Å². The van der Waals surface area contributed by atoms with E-state index < -0.39 is 35.0 Å². The number of hydrogen-bond donors (Lipinski definition) is 0. The fraction of sp³-hybridized carbons (Fsp3) is 1.00. The standard InChI is InChI=1S/2C3H9NP.2ClH.Zr/c2*1-5(2,3)4;;;/h2*1-3H3;2*1H;/q2*-1;;;+4/p-2. The monoisotopic (exact) mass is 340 g/mol. The van der Waals surface area contributed by atoms with E-state index in [9.17, 15) is 0 Å². The first-order chi connectivity index (χ1) is 5.41. The van der Waals surface area contributed by atoms with Crippen molar-refractivity contribution >= 4 is 31.1 Å². The molecule has 0 bridgehead atoms. The molecular formula is C6H18Cl2N2P2Zr. The molecule has 13 heavy (non-hydrogen) atoms. The molecule has 80 valence electrons. The summed E-state index contributed by atoms with van der Waals surface area (Å²) in [5.74, 6) is 0. The van der Waals surface area contributed by atoms with Crippen LogP contribution in [0.5, 0.6) is 0 Å². The zero-order valence-corrected chi connectivity index (χ0v) is 14.8. The third kappa shape index (κ3) is 535. The molecule has 0 aliphatic heterocycles. The maximum absolute atomic E-state index is 8.63. The van der Waals surface area contributed by atoms with Gasteiger partial charge in [-0.1, -0.05) is 40.0 Å². The van der Waals surface area contributed by atoms with Crippen molar-refractivity contribution in [1.82, 2.24) is 0 Å². The predicted molar refractivity (Wildman–Crippen MR) is 67.8 cm³/mol. The first kappa shape index (κ1) is 20.3. The minimum absolute atomic E-state index is 0.826. The van der Waals surface area contributed by atoms with E-state index in [1.54, 1.807) is 0 Å². The van der Waals surface area contributed by atoms with Crippen molar-refractivity contribution in [3.8, 4) is 0 Å². The second kappa shape index (κ2) is 10.4. The fourth-order valence-corrected chi connectivity index (χ4v) is 0. The van der Waals surface area contributed by atoms with Gasteiger partial charge >= 0.3 is 37.9 Å². The van der Waals surface area contributed by atoms with E-state index >= 15 is 0 Å². The van der Waals surface area contributed by atoms with Crippen LogP contribution in [0, 0.1) is 0 Å². The van der Waals surface area contributed by atoms with Crippen LogP contribution in [0.25, 0.3) is 10.3 Å². The molecule has 0 aromatic rings. The zero-order valence-electron chi connectivity index (χ0n) is 9.04. The first-order valence-corrected chi connectivity index (χ1v) is 16.0. The van der Waals surface area contributed by atoms with E-state index in [1.807, 2.05) is 40.0 Å². The summed E-state index contributed by atoms with van der Waals surface area (Å²) in [4.78, 5) is 0. The Balaban J connectivity index is -0.000000120. The van der Waals surface area contributed by atoms with Gasteiger partial charge in [0.25, 0.3) is 0 Å². The summed E-state index contributed by atoms with van der Waals surface area (Å²) in [6, 6.07) is 0. The van der Waals surface area contributed by atoms with Crippen LogP contribution in [0.2, 0.25) is 0 Å². The van der Waals surface area contributed by atoms with Crippen LogP contribution < -0.4 is 0 Å². The number of rotatable bonds is 0. The zero-order chi connectivity index (χ0) is 11.7. The molecule has 0 rings (SSSR count). The summed E-state index contributed by atoms with van der Waals surface area (Å²) in [6.07, 6.45) is 0. The molecule has 0 aliphatic rings. The van der Waals surface area contributed by atoms with E-state index in [4.69, 9.17) is 27.3 Å². The summed E-state index contributed by atoms with van der Waals surface area (Å²) in [6.45, 7) is 11.1. The SMILES string of the molecule is CP(C)(C)=[N-].CP(C)(C)=[N-].[Cl][Zr+2][Cl]. The Kier molecular flexibility index (Phi) is 16.3. The summed E-state index contributed by atoms with van der Waals surface area (Å²) < 4.78 is 0. The van der Waals surface area contributed by atoms with E-state index in [2.05, 4.69) is 0 Å². The molecule has 0 aliphatic carbocycles. The van der Waals surface area contributed by atoms with Crippen LogP contribution in [-0.4, -0.2) is 40.0 Å². The average molecular weight is 342 g/mol. The van der Waals surface area contributed by atoms with Crippen molar-refractivity contribution in [2.45, 2.75) is 0 Å². The van der Waals surface area contributed by atoms with Gasteiger partial charge in [0, 0.05) is 0 Å². The van der Waals surface area contributed by atoms with E-state index in [-0.39, 0.29) is 0 Å². The quantitative estimate of drug-likeness (QED) is 0.574. The summed E-state index contributed by atoms with van der Waals surface area (Å²) >= 11 is -0.826. The molecule has 0 N–H and O–H groups in total. The summed E-state index contributed by atoms with van der Waals surface area (Å²) in [5, 5.41) is 17.3. The summed E-state index contributed by atoms with van der Waals surface area (Å²) in [7, 11) is 7.09. The topological polar surface area (TPSA) is 44.6 Å². The van der Waals surface area contributed by atoms with Crippen LogP contribution in [0.1, 0.15) is 0 Å². The summed E-state index contributed by atoms with van der Waals surface area (Å²) in [5.41, 5.74) is 0. The van der Waals surface area contributed by atoms with Gasteiger partial charge in [-0.05, 0) is 0 Å². The number of halogens is 2. The van der Waals surface area contributed by atoms with Gasteiger partial charge in [0.15, 0.2) is 0 Å². The first-order valence-electron chi connectivity index (χ1n) is 3.46. The molecule has 2 nitrogen and oxygen atoms in total.